The second-order valence-electron chi connectivity index (χ2n) is 16.4. The first-order chi connectivity index (χ1) is 27.9. The molecule has 3 heterocycles. The van der Waals surface area contributed by atoms with Gasteiger partial charge in [-0.1, -0.05) is 128 Å². The van der Waals surface area contributed by atoms with Crippen LogP contribution in [0, 0.1) is 34.6 Å². The van der Waals surface area contributed by atoms with Gasteiger partial charge in [-0.25, -0.2) is 0 Å². The molecule has 0 spiro atoms. The van der Waals surface area contributed by atoms with Gasteiger partial charge in [0.05, 0.1) is 17.1 Å². The molecule has 3 aromatic heterocycles. The van der Waals surface area contributed by atoms with Gasteiger partial charge in [-0.2, -0.15) is 0 Å². The maximum Gasteiger partial charge on any atom is 0.0720 e. The molecule has 0 N–H and O–H groups in total. The summed E-state index contributed by atoms with van der Waals surface area (Å²) >= 11 is 3.99. The third-order valence-corrected chi connectivity index (χ3v) is 12.4. The summed E-state index contributed by atoms with van der Waals surface area (Å²) in [6.45, 7) is 17.9. The molecule has 8 rings (SSSR count). The van der Waals surface area contributed by atoms with E-state index in [1.165, 1.54) is 66.8 Å². The molecule has 58 heavy (non-hydrogen) atoms. The molecule has 0 fully saturated rings. The topological polar surface area (TPSA) is 38.7 Å². The molecule has 5 aromatic carbocycles. The number of pyridine rings is 3. The first kappa shape index (κ1) is 38.9. The number of rotatable bonds is 7. The Labute approximate surface area is 352 Å². The summed E-state index contributed by atoms with van der Waals surface area (Å²) in [6, 6.07) is 45.3. The Balaban J connectivity index is 1.15. The van der Waals surface area contributed by atoms with Gasteiger partial charge in [0.1, 0.15) is 0 Å². The summed E-state index contributed by atoms with van der Waals surface area (Å²) in [5.74, 6) is 0. The summed E-state index contributed by atoms with van der Waals surface area (Å²) < 4.78 is 1.04. The fourth-order valence-electron chi connectivity index (χ4n) is 8.27. The van der Waals surface area contributed by atoms with E-state index in [9.17, 15) is 0 Å². The highest BCUT2D eigenvalue weighted by molar-refractivity contribution is 9.10. The van der Waals surface area contributed by atoms with Crippen LogP contribution in [-0.2, 0) is 5.41 Å². The minimum Gasteiger partial charge on any atom is -0.256 e. The van der Waals surface area contributed by atoms with Crippen LogP contribution < -0.4 is 0 Å². The van der Waals surface area contributed by atoms with Crippen LogP contribution in [0.3, 0.4) is 0 Å². The van der Waals surface area contributed by atoms with E-state index in [-0.39, 0.29) is 5.41 Å². The van der Waals surface area contributed by atoms with E-state index < -0.39 is 0 Å². The summed E-state index contributed by atoms with van der Waals surface area (Å²) in [4.78, 5) is 14.6. The fourth-order valence-corrected chi connectivity index (χ4v) is 8.86. The van der Waals surface area contributed by atoms with Gasteiger partial charge in [0, 0.05) is 45.3 Å². The largest absolute Gasteiger partial charge is 0.256 e. The van der Waals surface area contributed by atoms with Crippen molar-refractivity contribution in [2.75, 3.05) is 0 Å². The van der Waals surface area contributed by atoms with Crippen molar-refractivity contribution in [2.45, 2.75) is 60.8 Å². The van der Waals surface area contributed by atoms with E-state index in [4.69, 9.17) is 9.97 Å². The van der Waals surface area contributed by atoms with Crippen LogP contribution in [0.4, 0.5) is 0 Å². The van der Waals surface area contributed by atoms with Crippen molar-refractivity contribution in [3.63, 3.8) is 0 Å². The van der Waals surface area contributed by atoms with Gasteiger partial charge in [-0.3, -0.25) is 15.0 Å². The first-order valence-electron chi connectivity index (χ1n) is 20.0. The summed E-state index contributed by atoms with van der Waals surface area (Å²) in [7, 11) is 0. The molecule has 0 radical (unpaired) electrons. The van der Waals surface area contributed by atoms with Gasteiger partial charge >= 0.3 is 0 Å². The van der Waals surface area contributed by atoms with Crippen LogP contribution in [0.25, 0.3) is 78.3 Å². The number of nitrogens with zero attached hydrogens (tertiary/aromatic N) is 3. The molecule has 0 aliphatic heterocycles. The predicted molar refractivity (Wildman–Crippen MR) is 248 cm³/mol. The van der Waals surface area contributed by atoms with E-state index in [1.54, 1.807) is 0 Å². The Kier molecular flexibility index (Phi) is 10.6. The maximum absolute atomic E-state index is 5.02. The number of hydrogen-bond acceptors (Lipinski definition) is 3. The average molecular weight is 819 g/mol. The lowest BCUT2D eigenvalue weighted by Gasteiger charge is -2.24. The highest BCUT2D eigenvalue weighted by Gasteiger charge is 2.23. The zero-order chi connectivity index (χ0) is 40.7. The number of aromatic nitrogens is 3. The number of halogens is 1. The van der Waals surface area contributed by atoms with Crippen LogP contribution >= 0.6 is 15.9 Å². The second-order valence-corrected chi connectivity index (χ2v) is 17.3. The summed E-state index contributed by atoms with van der Waals surface area (Å²) in [5.41, 5.74) is 23.3. The molecular weight excluding hydrogens is 771 g/mol. The van der Waals surface area contributed by atoms with E-state index in [0.29, 0.717) is 0 Å². The lowest BCUT2D eigenvalue weighted by molar-refractivity contribution is 0.589. The Bertz CT molecular complexity index is 2780. The lowest BCUT2D eigenvalue weighted by Crippen LogP contribution is -2.11. The molecule has 0 aliphatic carbocycles. The van der Waals surface area contributed by atoms with E-state index in [2.05, 4.69) is 198 Å². The van der Waals surface area contributed by atoms with Crippen LogP contribution in [-0.4, -0.2) is 15.0 Å². The Morgan fingerprint density at radius 1 is 0.414 bits per heavy atom. The molecule has 286 valence electrons. The van der Waals surface area contributed by atoms with Crippen molar-refractivity contribution in [1.29, 1.82) is 0 Å². The number of aryl methyl sites for hydroxylation is 1. The van der Waals surface area contributed by atoms with Gasteiger partial charge in [0.2, 0.25) is 0 Å². The molecule has 0 bridgehead atoms. The molecule has 0 atom stereocenters. The first-order valence-corrected chi connectivity index (χ1v) is 20.7. The third kappa shape index (κ3) is 7.34. The third-order valence-electron chi connectivity index (χ3n) is 11.7. The smallest absolute Gasteiger partial charge is 0.0720 e. The second kappa shape index (κ2) is 15.8. The summed E-state index contributed by atoms with van der Waals surface area (Å²) in [6.07, 6.45) is 5.85. The van der Waals surface area contributed by atoms with Crippen molar-refractivity contribution in [2.24, 2.45) is 0 Å². The van der Waals surface area contributed by atoms with Gasteiger partial charge in [0.25, 0.3) is 0 Å². The van der Waals surface area contributed by atoms with E-state index >= 15 is 0 Å². The minimum absolute atomic E-state index is 0.0461. The highest BCUT2D eigenvalue weighted by atomic mass is 79.9. The monoisotopic (exact) mass is 817 g/mol. The minimum atomic E-state index is 0.0461. The Hall–Kier alpha value is -5.97. The number of benzene rings is 5. The molecule has 3 nitrogen and oxygen atoms in total. The zero-order valence-electron chi connectivity index (χ0n) is 34.6. The summed E-state index contributed by atoms with van der Waals surface area (Å²) in [5, 5.41) is 0. The molecule has 0 unspecified atom stereocenters. The standard InChI is InChI=1S/C54H48BrN3/c1-33-28-50(58-32-47(33)38-16-10-9-11-17-38)39-22-24-43(48(55)29-39)42-18-12-14-20-45(42)52-34(2)36(4)53(37(5)35(52)3)46-21-15-13-19-44(46)49-25-23-40(31-57-49)51-30-41(26-27-56-51)54(6,7)8/h9-32H,1-8H3. The SMILES string of the molecule is Cc1cc(-c2ccc(-c3ccccc3-c3c(C)c(C)c(-c4ccccc4-c4ccc(-c5cc(C(C)(C)C)ccn5)cn4)c(C)c3C)c(Br)c2)ncc1-c1ccccc1. The molecule has 0 amide bonds. The maximum atomic E-state index is 5.02. The van der Waals surface area contributed by atoms with Gasteiger partial charge in [0.15, 0.2) is 0 Å². The Morgan fingerprint density at radius 2 is 0.966 bits per heavy atom. The van der Waals surface area contributed by atoms with E-state index in [0.717, 1.165) is 49.4 Å². The predicted octanol–water partition coefficient (Wildman–Crippen LogP) is 15.1. The van der Waals surface area contributed by atoms with Crippen LogP contribution in [0.2, 0.25) is 0 Å². The van der Waals surface area contributed by atoms with Crippen LogP contribution in [0.15, 0.2) is 150 Å². The molecular formula is C54H48BrN3. The van der Waals surface area contributed by atoms with Crippen LogP contribution in [0.1, 0.15) is 54.2 Å². The quantitative estimate of drug-likeness (QED) is 0.161. The van der Waals surface area contributed by atoms with E-state index in [1.807, 2.05) is 24.7 Å². The molecule has 0 saturated heterocycles. The van der Waals surface area contributed by atoms with Crippen molar-refractivity contribution < 1.29 is 0 Å². The Morgan fingerprint density at radius 3 is 1.55 bits per heavy atom. The van der Waals surface area contributed by atoms with Crippen molar-refractivity contribution in [3.05, 3.63) is 184 Å². The molecule has 0 aliphatic rings. The number of hydrogen-bond donors (Lipinski definition) is 0. The van der Waals surface area contributed by atoms with Gasteiger partial charge in [-0.15, -0.1) is 0 Å². The molecule has 8 aromatic rings. The highest BCUT2D eigenvalue weighted by Crippen LogP contribution is 2.46. The van der Waals surface area contributed by atoms with Crippen molar-refractivity contribution >= 4 is 15.9 Å². The fraction of sp³-hybridized carbons (Fsp3) is 0.167. The zero-order valence-corrected chi connectivity index (χ0v) is 36.2. The van der Waals surface area contributed by atoms with Crippen molar-refractivity contribution in [3.8, 4) is 78.3 Å². The van der Waals surface area contributed by atoms with Crippen LogP contribution in [0.5, 0.6) is 0 Å². The normalized spacial score (nSPS) is 11.5. The van der Waals surface area contributed by atoms with Gasteiger partial charge in [-0.05, 0) is 149 Å². The molecule has 0 saturated carbocycles. The lowest BCUT2D eigenvalue weighted by atomic mass is 9.80. The van der Waals surface area contributed by atoms with Gasteiger partial charge < -0.3 is 0 Å². The molecule has 4 heteroatoms. The van der Waals surface area contributed by atoms with Crippen molar-refractivity contribution in [1.82, 2.24) is 15.0 Å². The average Bonchev–Trinajstić information content (AvgIpc) is 3.23.